The standard InChI is InChI=1S/C10H8N2O2S.Y/c1-6-10(14)15-7-4-3-5-11-8(7)9(13)12(6)2;/h3-6H,1-2H2;/q-2;. The van der Waals surface area contributed by atoms with E-state index >= 15 is 0 Å². The summed E-state index contributed by atoms with van der Waals surface area (Å²) in [4.78, 5) is 28.9. The maximum atomic E-state index is 11.8. The summed E-state index contributed by atoms with van der Waals surface area (Å²) in [6, 6.07) is 2.61. The van der Waals surface area contributed by atoms with Crippen LogP contribution >= 0.6 is 11.8 Å². The van der Waals surface area contributed by atoms with Crippen LogP contribution in [0.5, 0.6) is 0 Å². The summed E-state index contributed by atoms with van der Waals surface area (Å²) in [6.07, 6.45) is 1.51. The van der Waals surface area contributed by atoms with Crippen molar-refractivity contribution in [2.45, 2.75) is 10.9 Å². The van der Waals surface area contributed by atoms with Gasteiger partial charge in [0.25, 0.3) is 0 Å². The zero-order valence-electron chi connectivity index (χ0n) is 8.42. The Hall–Kier alpha value is -0.256. The van der Waals surface area contributed by atoms with Gasteiger partial charge in [0.15, 0.2) is 5.12 Å². The molecule has 1 unspecified atom stereocenters. The molecule has 16 heavy (non-hydrogen) atoms. The van der Waals surface area contributed by atoms with Crippen LogP contribution in [0.2, 0.25) is 0 Å². The molecular weight excluding hydrogens is 301 g/mol. The van der Waals surface area contributed by atoms with Crippen molar-refractivity contribution in [3.63, 3.8) is 0 Å². The predicted octanol–water partition coefficient (Wildman–Crippen LogP) is 1.15. The van der Waals surface area contributed by atoms with E-state index < -0.39 is 6.04 Å². The number of hydrogen-bond acceptors (Lipinski definition) is 4. The normalized spacial score (nSPS) is 19.9. The van der Waals surface area contributed by atoms with Crippen molar-refractivity contribution in [2.75, 3.05) is 0 Å². The number of hydrogen-bond donors (Lipinski definition) is 0. The van der Waals surface area contributed by atoms with Gasteiger partial charge in [-0.2, -0.15) is 0 Å². The van der Waals surface area contributed by atoms with Crippen LogP contribution in [0.1, 0.15) is 10.5 Å². The first-order valence-electron chi connectivity index (χ1n) is 4.25. The van der Waals surface area contributed by atoms with Gasteiger partial charge < -0.3 is 11.8 Å². The summed E-state index contributed by atoms with van der Waals surface area (Å²) < 4.78 is 0. The minimum atomic E-state index is -0.767. The van der Waals surface area contributed by atoms with Crippen LogP contribution in [0.3, 0.4) is 0 Å². The van der Waals surface area contributed by atoms with Gasteiger partial charge in [0.1, 0.15) is 5.69 Å². The Balaban J connectivity index is 0.00000128. The first-order chi connectivity index (χ1) is 7.11. The molecule has 6 heteroatoms. The maximum absolute atomic E-state index is 11.8. The van der Waals surface area contributed by atoms with Gasteiger partial charge in [0.2, 0.25) is 5.91 Å². The molecule has 0 bridgehead atoms. The number of nitrogens with zero attached hydrogens (tertiary/aromatic N) is 2. The molecule has 0 aliphatic carbocycles. The second-order valence-corrected chi connectivity index (χ2v) is 4.11. The van der Waals surface area contributed by atoms with E-state index in [2.05, 4.69) is 19.0 Å². The molecule has 1 atom stereocenters. The molecule has 0 saturated carbocycles. The Morgan fingerprint density at radius 1 is 1.44 bits per heavy atom. The molecule has 1 radical (unpaired) electrons. The third kappa shape index (κ3) is 2.36. The maximum Gasteiger partial charge on any atom is 0.242 e. The average molecular weight is 309 g/mol. The van der Waals surface area contributed by atoms with E-state index in [9.17, 15) is 9.59 Å². The molecule has 0 saturated heterocycles. The van der Waals surface area contributed by atoms with Crippen LogP contribution in [-0.2, 0) is 37.5 Å². The van der Waals surface area contributed by atoms with Crippen LogP contribution in [0, 0.1) is 14.0 Å². The first-order valence-corrected chi connectivity index (χ1v) is 5.07. The fraction of sp³-hybridized carbons (Fsp3) is 0.100. The van der Waals surface area contributed by atoms with E-state index in [-0.39, 0.29) is 49.4 Å². The summed E-state index contributed by atoms with van der Waals surface area (Å²) in [7, 11) is 3.52. The van der Waals surface area contributed by atoms with Crippen molar-refractivity contribution in [1.82, 2.24) is 9.88 Å². The number of fused-ring (bicyclic) bond motifs is 1. The fourth-order valence-corrected chi connectivity index (χ4v) is 2.08. The third-order valence-electron chi connectivity index (χ3n) is 2.09. The van der Waals surface area contributed by atoms with Crippen molar-refractivity contribution in [2.24, 2.45) is 0 Å². The van der Waals surface area contributed by atoms with Crippen LogP contribution < -0.4 is 0 Å². The Morgan fingerprint density at radius 2 is 2.12 bits per heavy atom. The van der Waals surface area contributed by atoms with E-state index in [4.69, 9.17) is 0 Å². The van der Waals surface area contributed by atoms with Crippen LogP contribution in [-0.4, -0.2) is 26.9 Å². The molecule has 1 aromatic rings. The summed E-state index contributed by atoms with van der Waals surface area (Å²) in [5.41, 5.74) is 0.261. The van der Waals surface area contributed by atoms with Crippen molar-refractivity contribution in [3.8, 4) is 0 Å². The zero-order valence-corrected chi connectivity index (χ0v) is 12.1. The number of amides is 1. The second kappa shape index (κ2) is 5.38. The molecule has 2 heterocycles. The van der Waals surface area contributed by atoms with Crippen molar-refractivity contribution in [3.05, 3.63) is 38.0 Å². The van der Waals surface area contributed by atoms with Gasteiger partial charge in [-0.05, 0) is 12.1 Å². The Morgan fingerprint density at radius 3 is 2.81 bits per heavy atom. The average Bonchev–Trinajstić information content (AvgIpc) is 2.32. The van der Waals surface area contributed by atoms with Gasteiger partial charge in [-0.25, -0.2) is 4.98 Å². The summed E-state index contributed by atoms with van der Waals surface area (Å²) in [5.74, 6) is -0.371. The van der Waals surface area contributed by atoms with Gasteiger partial charge in [-0.3, -0.25) is 16.6 Å². The molecule has 0 fully saturated rings. The van der Waals surface area contributed by atoms with Gasteiger partial charge >= 0.3 is 0 Å². The summed E-state index contributed by atoms with van der Waals surface area (Å²) in [5, 5.41) is -0.204. The monoisotopic (exact) mass is 309 g/mol. The van der Waals surface area contributed by atoms with Crippen LogP contribution in [0.15, 0.2) is 23.2 Å². The smallest absolute Gasteiger partial charge is 0.242 e. The van der Waals surface area contributed by atoms with Gasteiger partial charge in [-0.15, -0.1) is 0 Å². The molecule has 1 aromatic heterocycles. The fourth-order valence-electron chi connectivity index (χ4n) is 1.21. The van der Waals surface area contributed by atoms with Crippen molar-refractivity contribution in [1.29, 1.82) is 0 Å². The molecule has 0 aromatic carbocycles. The van der Waals surface area contributed by atoms with Gasteiger partial charge in [0.05, 0.1) is 0 Å². The quantitative estimate of drug-likeness (QED) is 0.675. The third-order valence-corrected chi connectivity index (χ3v) is 3.12. The second-order valence-electron chi connectivity index (χ2n) is 3.06. The predicted molar refractivity (Wildman–Crippen MR) is 55.8 cm³/mol. The Bertz CT molecular complexity index is 439. The van der Waals surface area contributed by atoms with E-state index in [0.717, 1.165) is 16.7 Å². The van der Waals surface area contributed by atoms with E-state index in [1.54, 1.807) is 12.1 Å². The topological polar surface area (TPSA) is 50.3 Å². The minimum Gasteiger partial charge on any atom is -0.506 e. The molecular formula is C10H8N2O2SY-2. The number of thioether (sulfide) groups is 1. The van der Waals surface area contributed by atoms with E-state index in [1.165, 1.54) is 6.20 Å². The molecule has 81 valence electrons. The zero-order chi connectivity index (χ0) is 11.0. The Kier molecular flexibility index (Phi) is 4.65. The minimum absolute atomic E-state index is 0. The molecule has 0 N–H and O–H groups in total. The summed E-state index contributed by atoms with van der Waals surface area (Å²) in [6.45, 7) is 3.60. The molecule has 0 spiro atoms. The summed E-state index contributed by atoms with van der Waals surface area (Å²) >= 11 is 0.982. The van der Waals surface area contributed by atoms with Gasteiger partial charge in [-0.1, -0.05) is 17.8 Å². The van der Waals surface area contributed by atoms with Crippen LogP contribution in [0.25, 0.3) is 0 Å². The number of aromatic nitrogens is 1. The number of pyridine rings is 1. The molecule has 1 aliphatic heterocycles. The molecule has 1 aliphatic rings. The molecule has 4 nitrogen and oxygen atoms in total. The molecule has 2 rings (SSSR count). The van der Waals surface area contributed by atoms with Crippen molar-refractivity contribution < 1.29 is 42.3 Å². The Labute approximate surface area is 123 Å². The largest absolute Gasteiger partial charge is 0.506 e. The number of carbonyl (C=O) groups excluding carboxylic acids is 2. The molecule has 1 amide bonds. The number of carbonyl (C=O) groups is 2. The van der Waals surface area contributed by atoms with Gasteiger partial charge in [0, 0.05) is 43.8 Å². The van der Waals surface area contributed by atoms with E-state index in [0.29, 0.717) is 4.90 Å². The SMILES string of the molecule is [CH2-]C1C(=O)Sc2cccnc2C(=O)N1[CH2-].[Y]. The van der Waals surface area contributed by atoms with E-state index in [1.807, 2.05) is 0 Å². The van der Waals surface area contributed by atoms with Crippen LogP contribution in [0.4, 0.5) is 0 Å². The number of rotatable bonds is 0. The first kappa shape index (κ1) is 13.8. The van der Waals surface area contributed by atoms with Crippen molar-refractivity contribution >= 4 is 22.8 Å².